The number of aryl methyl sites for hydroxylation is 1. The molecular formula is C21H21N3OS. The van der Waals surface area contributed by atoms with Gasteiger partial charge in [0.25, 0.3) is 0 Å². The minimum Gasteiger partial charge on any atom is -0.290 e. The van der Waals surface area contributed by atoms with Crippen LogP contribution in [0.15, 0.2) is 58.5 Å². The zero-order valence-electron chi connectivity index (χ0n) is 14.8. The normalized spacial score (nSPS) is 13.0. The van der Waals surface area contributed by atoms with Gasteiger partial charge in [-0.15, -0.1) is 11.8 Å². The van der Waals surface area contributed by atoms with Crippen LogP contribution in [0.3, 0.4) is 0 Å². The summed E-state index contributed by atoms with van der Waals surface area (Å²) in [5.74, 6) is 0.837. The number of rotatable bonds is 5. The zero-order chi connectivity index (χ0) is 17.9. The lowest BCUT2D eigenvalue weighted by Crippen LogP contribution is -2.28. The monoisotopic (exact) mass is 363 g/mol. The summed E-state index contributed by atoms with van der Waals surface area (Å²) in [5.41, 5.74) is 5.63. The van der Waals surface area contributed by atoms with Crippen molar-refractivity contribution in [3.05, 3.63) is 87.2 Å². The molecule has 1 aliphatic carbocycles. The van der Waals surface area contributed by atoms with E-state index in [1.54, 1.807) is 22.5 Å². The van der Waals surface area contributed by atoms with Gasteiger partial charge in [0.15, 0.2) is 0 Å². The highest BCUT2D eigenvalue weighted by molar-refractivity contribution is 7.98. The van der Waals surface area contributed by atoms with E-state index in [2.05, 4.69) is 41.2 Å². The molecule has 0 aliphatic heterocycles. The number of nitrogens with zero attached hydrogens (tertiary/aromatic N) is 3. The third-order valence-electron chi connectivity index (χ3n) is 4.74. The van der Waals surface area contributed by atoms with Crippen molar-refractivity contribution < 1.29 is 0 Å². The van der Waals surface area contributed by atoms with E-state index in [9.17, 15) is 4.79 Å². The predicted octanol–water partition coefficient (Wildman–Crippen LogP) is 3.78. The highest BCUT2D eigenvalue weighted by Crippen LogP contribution is 2.31. The Bertz CT molecular complexity index is 965. The standard InChI is InChI=1S/C21H21N3OS/c1-15-8-10-16(11-9-15)14-26-20-18-6-4-7-19(18)24(21(25)23-20)13-17-5-2-3-12-22-17/h2-3,5,8-12H,4,6-7,13-14H2,1H3. The quantitative estimate of drug-likeness (QED) is 0.511. The van der Waals surface area contributed by atoms with E-state index in [1.807, 2.05) is 18.2 Å². The van der Waals surface area contributed by atoms with Crippen LogP contribution in [0, 0.1) is 6.92 Å². The van der Waals surface area contributed by atoms with Gasteiger partial charge in [-0.05, 0) is 43.9 Å². The van der Waals surface area contributed by atoms with Gasteiger partial charge < -0.3 is 0 Å². The molecule has 26 heavy (non-hydrogen) atoms. The van der Waals surface area contributed by atoms with Gasteiger partial charge in [0.05, 0.1) is 12.2 Å². The topological polar surface area (TPSA) is 47.8 Å². The molecule has 0 atom stereocenters. The molecule has 0 spiro atoms. The van der Waals surface area contributed by atoms with Gasteiger partial charge in [-0.2, -0.15) is 4.98 Å². The average Bonchev–Trinajstić information content (AvgIpc) is 3.15. The Balaban J connectivity index is 1.61. The molecule has 0 N–H and O–H groups in total. The van der Waals surface area contributed by atoms with Crippen LogP contribution in [0.1, 0.15) is 34.5 Å². The Morgan fingerprint density at radius 3 is 2.73 bits per heavy atom. The highest BCUT2D eigenvalue weighted by atomic mass is 32.2. The summed E-state index contributed by atoms with van der Waals surface area (Å²) in [7, 11) is 0. The lowest BCUT2D eigenvalue weighted by Gasteiger charge is -2.14. The molecule has 132 valence electrons. The largest absolute Gasteiger partial charge is 0.349 e. The highest BCUT2D eigenvalue weighted by Gasteiger charge is 2.22. The zero-order valence-corrected chi connectivity index (χ0v) is 15.6. The van der Waals surface area contributed by atoms with Crippen molar-refractivity contribution in [2.75, 3.05) is 0 Å². The van der Waals surface area contributed by atoms with Crippen molar-refractivity contribution in [1.29, 1.82) is 0 Å². The van der Waals surface area contributed by atoms with Crippen molar-refractivity contribution in [2.45, 2.75) is 43.5 Å². The van der Waals surface area contributed by atoms with E-state index in [0.717, 1.165) is 41.4 Å². The van der Waals surface area contributed by atoms with Crippen LogP contribution < -0.4 is 5.69 Å². The van der Waals surface area contributed by atoms with Gasteiger partial charge >= 0.3 is 5.69 Å². The summed E-state index contributed by atoms with van der Waals surface area (Å²) < 4.78 is 1.81. The summed E-state index contributed by atoms with van der Waals surface area (Å²) in [5, 5.41) is 0.903. The van der Waals surface area contributed by atoms with E-state index in [1.165, 1.54) is 16.7 Å². The first-order chi connectivity index (χ1) is 12.7. The molecule has 3 aromatic rings. The minimum absolute atomic E-state index is 0.164. The molecule has 0 unspecified atom stereocenters. The summed E-state index contributed by atoms with van der Waals surface area (Å²) in [6, 6.07) is 14.3. The SMILES string of the molecule is Cc1ccc(CSc2nc(=O)n(Cc3ccccn3)c3c2CCC3)cc1. The van der Waals surface area contributed by atoms with Gasteiger partial charge in [0, 0.05) is 23.2 Å². The molecule has 1 aliphatic rings. The summed E-state index contributed by atoms with van der Waals surface area (Å²) in [4.78, 5) is 21.4. The Kier molecular flexibility index (Phi) is 4.89. The molecule has 0 saturated heterocycles. The molecule has 5 heteroatoms. The van der Waals surface area contributed by atoms with E-state index in [0.29, 0.717) is 6.54 Å². The number of benzene rings is 1. The van der Waals surface area contributed by atoms with Crippen molar-refractivity contribution in [1.82, 2.24) is 14.5 Å². The number of fused-ring (bicyclic) bond motifs is 1. The van der Waals surface area contributed by atoms with Gasteiger partial charge in [-0.1, -0.05) is 35.9 Å². The first-order valence-electron chi connectivity index (χ1n) is 8.91. The summed E-state index contributed by atoms with van der Waals surface area (Å²) >= 11 is 1.67. The van der Waals surface area contributed by atoms with Crippen molar-refractivity contribution in [3.63, 3.8) is 0 Å². The van der Waals surface area contributed by atoms with Gasteiger partial charge in [0.2, 0.25) is 0 Å². The van der Waals surface area contributed by atoms with Crippen LogP contribution in [-0.4, -0.2) is 14.5 Å². The maximum atomic E-state index is 12.7. The van der Waals surface area contributed by atoms with Crippen LogP contribution in [0.5, 0.6) is 0 Å². The number of aromatic nitrogens is 3. The lowest BCUT2D eigenvalue weighted by atomic mass is 10.2. The van der Waals surface area contributed by atoms with Crippen molar-refractivity contribution in [3.8, 4) is 0 Å². The molecule has 0 saturated carbocycles. The third kappa shape index (κ3) is 3.58. The van der Waals surface area contributed by atoms with Crippen LogP contribution >= 0.6 is 11.8 Å². The molecule has 1 aromatic carbocycles. The van der Waals surface area contributed by atoms with Gasteiger partial charge in [-0.25, -0.2) is 4.79 Å². The van der Waals surface area contributed by atoms with E-state index in [4.69, 9.17) is 0 Å². The second-order valence-electron chi connectivity index (χ2n) is 6.66. The van der Waals surface area contributed by atoms with Crippen LogP contribution in [0.25, 0.3) is 0 Å². The Hall–Kier alpha value is -2.40. The second-order valence-corrected chi connectivity index (χ2v) is 7.62. The Morgan fingerprint density at radius 2 is 1.96 bits per heavy atom. The predicted molar refractivity (Wildman–Crippen MR) is 105 cm³/mol. The third-order valence-corrected chi connectivity index (χ3v) is 5.83. The van der Waals surface area contributed by atoms with Crippen LogP contribution in [0.2, 0.25) is 0 Å². The molecule has 0 amide bonds. The summed E-state index contributed by atoms with van der Waals surface area (Å²) in [6.45, 7) is 2.59. The maximum absolute atomic E-state index is 12.7. The lowest BCUT2D eigenvalue weighted by molar-refractivity contribution is 0.656. The van der Waals surface area contributed by atoms with Crippen LogP contribution in [-0.2, 0) is 25.1 Å². The number of pyridine rings is 1. The van der Waals surface area contributed by atoms with E-state index in [-0.39, 0.29) is 5.69 Å². The fourth-order valence-electron chi connectivity index (χ4n) is 3.36. The fourth-order valence-corrected chi connectivity index (χ4v) is 4.39. The number of hydrogen-bond acceptors (Lipinski definition) is 4. The Morgan fingerprint density at radius 1 is 1.12 bits per heavy atom. The smallest absolute Gasteiger partial charge is 0.290 e. The van der Waals surface area contributed by atoms with Crippen LogP contribution in [0.4, 0.5) is 0 Å². The molecule has 2 aromatic heterocycles. The van der Waals surface area contributed by atoms with Gasteiger partial charge in [-0.3, -0.25) is 9.55 Å². The fraction of sp³-hybridized carbons (Fsp3) is 0.286. The summed E-state index contributed by atoms with van der Waals surface area (Å²) in [6.07, 6.45) is 4.79. The number of thioether (sulfide) groups is 1. The maximum Gasteiger partial charge on any atom is 0.349 e. The van der Waals surface area contributed by atoms with E-state index < -0.39 is 0 Å². The van der Waals surface area contributed by atoms with Gasteiger partial charge in [0.1, 0.15) is 5.03 Å². The number of hydrogen-bond donors (Lipinski definition) is 0. The second kappa shape index (κ2) is 7.46. The molecule has 4 rings (SSSR count). The first-order valence-corrected chi connectivity index (χ1v) is 9.90. The molecular weight excluding hydrogens is 342 g/mol. The van der Waals surface area contributed by atoms with Crippen molar-refractivity contribution in [2.24, 2.45) is 0 Å². The molecule has 0 radical (unpaired) electrons. The first kappa shape index (κ1) is 17.0. The molecule has 4 nitrogen and oxygen atoms in total. The molecule has 2 heterocycles. The molecule has 0 bridgehead atoms. The Labute approximate surface area is 157 Å². The minimum atomic E-state index is -0.164. The van der Waals surface area contributed by atoms with Crippen molar-refractivity contribution >= 4 is 11.8 Å². The average molecular weight is 363 g/mol. The van der Waals surface area contributed by atoms with E-state index >= 15 is 0 Å². The molecule has 0 fully saturated rings.